The first-order valence-electron chi connectivity index (χ1n) is 6.99. The van der Waals surface area contributed by atoms with Crippen LogP contribution in [-0.2, 0) is 4.79 Å². The fourth-order valence-corrected chi connectivity index (χ4v) is 2.05. The van der Waals surface area contributed by atoms with Crippen LogP contribution in [0.25, 0.3) is 0 Å². The quantitative estimate of drug-likeness (QED) is 0.763. The number of carbonyl (C=O) groups is 1. The Hall–Kier alpha value is -1.07. The average molecular weight is 343 g/mol. The van der Waals surface area contributed by atoms with Gasteiger partial charge in [0.2, 0.25) is 0 Å². The van der Waals surface area contributed by atoms with Gasteiger partial charge in [-0.05, 0) is 37.6 Å². The lowest BCUT2D eigenvalue weighted by molar-refractivity contribution is -0.128. The minimum atomic E-state index is -0.535. The van der Waals surface area contributed by atoms with Crippen LogP contribution in [-0.4, -0.2) is 24.6 Å². The van der Waals surface area contributed by atoms with Gasteiger partial charge < -0.3 is 15.8 Å². The molecule has 2 atom stereocenters. The molecule has 5 heteroatoms. The second-order valence-electron chi connectivity index (χ2n) is 4.80. The zero-order valence-electron chi connectivity index (χ0n) is 12.1. The number of benzene rings is 1. The van der Waals surface area contributed by atoms with Crippen molar-refractivity contribution in [1.82, 2.24) is 5.32 Å². The van der Waals surface area contributed by atoms with E-state index < -0.39 is 6.10 Å². The lowest BCUT2D eigenvalue weighted by Gasteiger charge is -2.20. The first-order chi connectivity index (χ1) is 9.56. The zero-order chi connectivity index (χ0) is 15.0. The van der Waals surface area contributed by atoms with Crippen molar-refractivity contribution in [2.75, 3.05) is 6.54 Å². The van der Waals surface area contributed by atoms with Crippen molar-refractivity contribution in [3.8, 4) is 5.75 Å². The number of halogens is 1. The molecule has 0 radical (unpaired) electrons. The average Bonchev–Trinajstić information content (AvgIpc) is 2.45. The number of hydrogen-bond donors (Lipinski definition) is 2. The van der Waals surface area contributed by atoms with Gasteiger partial charge in [0, 0.05) is 17.1 Å². The van der Waals surface area contributed by atoms with E-state index in [1.807, 2.05) is 24.3 Å². The predicted octanol–water partition coefficient (Wildman–Crippen LogP) is 2.85. The third-order valence-corrected chi connectivity index (χ3v) is 3.56. The number of rotatable bonds is 8. The van der Waals surface area contributed by atoms with Crippen molar-refractivity contribution in [1.29, 1.82) is 0 Å². The maximum absolute atomic E-state index is 12.0. The van der Waals surface area contributed by atoms with E-state index in [9.17, 15) is 4.79 Å². The van der Waals surface area contributed by atoms with E-state index >= 15 is 0 Å². The second-order valence-corrected chi connectivity index (χ2v) is 5.71. The molecule has 4 nitrogen and oxygen atoms in total. The zero-order valence-corrected chi connectivity index (χ0v) is 13.7. The topological polar surface area (TPSA) is 64.3 Å². The molecule has 112 valence electrons. The largest absolute Gasteiger partial charge is 0.481 e. The Labute approximate surface area is 129 Å². The van der Waals surface area contributed by atoms with Gasteiger partial charge in [0.25, 0.3) is 5.91 Å². The number of ether oxygens (including phenoxy) is 1. The van der Waals surface area contributed by atoms with Gasteiger partial charge in [-0.25, -0.2) is 0 Å². The Morgan fingerprint density at radius 1 is 1.40 bits per heavy atom. The highest BCUT2D eigenvalue weighted by Crippen LogP contribution is 2.17. The summed E-state index contributed by atoms with van der Waals surface area (Å²) in [5, 5.41) is 2.93. The van der Waals surface area contributed by atoms with Gasteiger partial charge in [-0.2, -0.15) is 0 Å². The van der Waals surface area contributed by atoms with Gasteiger partial charge in [-0.15, -0.1) is 0 Å². The van der Waals surface area contributed by atoms with Crippen molar-refractivity contribution in [3.05, 3.63) is 28.7 Å². The standard InChI is InChI=1S/C15H23BrN2O2/c1-3-4-5-13(10-17)18-15(19)11(2)20-14-8-6-12(16)7-9-14/h6-9,11,13H,3-5,10,17H2,1-2H3,(H,18,19). The van der Waals surface area contributed by atoms with Crippen LogP contribution in [0, 0.1) is 0 Å². The Bertz CT molecular complexity index is 409. The summed E-state index contributed by atoms with van der Waals surface area (Å²) >= 11 is 3.36. The van der Waals surface area contributed by atoms with Gasteiger partial charge in [0.15, 0.2) is 6.10 Å². The molecule has 0 saturated carbocycles. The molecule has 1 rings (SSSR count). The van der Waals surface area contributed by atoms with Gasteiger partial charge in [0.05, 0.1) is 0 Å². The third kappa shape index (κ3) is 5.92. The molecule has 2 unspecified atom stereocenters. The van der Waals surface area contributed by atoms with Gasteiger partial charge in [-0.1, -0.05) is 35.7 Å². The maximum Gasteiger partial charge on any atom is 0.261 e. The van der Waals surface area contributed by atoms with Gasteiger partial charge in [0.1, 0.15) is 5.75 Å². The molecule has 1 aromatic rings. The fourth-order valence-electron chi connectivity index (χ4n) is 1.79. The molecule has 3 N–H and O–H groups in total. The van der Waals surface area contributed by atoms with E-state index in [-0.39, 0.29) is 11.9 Å². The highest BCUT2D eigenvalue weighted by Gasteiger charge is 2.18. The Balaban J connectivity index is 2.47. The van der Waals surface area contributed by atoms with Crippen LogP contribution in [0.1, 0.15) is 33.1 Å². The normalized spacial score (nSPS) is 13.6. The molecule has 20 heavy (non-hydrogen) atoms. The molecule has 0 fully saturated rings. The summed E-state index contributed by atoms with van der Waals surface area (Å²) in [5.74, 6) is 0.549. The first-order valence-corrected chi connectivity index (χ1v) is 7.78. The molecule has 0 heterocycles. The van der Waals surface area contributed by atoms with Gasteiger partial charge in [-0.3, -0.25) is 4.79 Å². The van der Waals surface area contributed by atoms with E-state index in [0.29, 0.717) is 12.3 Å². The highest BCUT2D eigenvalue weighted by molar-refractivity contribution is 9.10. The smallest absolute Gasteiger partial charge is 0.261 e. The first kappa shape index (κ1) is 17.0. The van der Waals surface area contributed by atoms with E-state index in [2.05, 4.69) is 28.2 Å². The monoisotopic (exact) mass is 342 g/mol. The number of nitrogens with two attached hydrogens (primary N) is 1. The van der Waals surface area contributed by atoms with Crippen LogP contribution in [0.2, 0.25) is 0 Å². The lowest BCUT2D eigenvalue weighted by atomic mass is 10.1. The molecule has 0 aromatic heterocycles. The molecular weight excluding hydrogens is 320 g/mol. The highest BCUT2D eigenvalue weighted by atomic mass is 79.9. The van der Waals surface area contributed by atoms with Crippen molar-refractivity contribution in [2.24, 2.45) is 5.73 Å². The molecule has 0 saturated heterocycles. The summed E-state index contributed by atoms with van der Waals surface area (Å²) in [4.78, 5) is 12.0. The van der Waals surface area contributed by atoms with E-state index in [0.717, 1.165) is 23.7 Å². The number of unbranched alkanes of at least 4 members (excludes halogenated alkanes) is 1. The number of carbonyl (C=O) groups excluding carboxylic acids is 1. The summed E-state index contributed by atoms with van der Waals surface area (Å²) in [6, 6.07) is 7.43. The fraction of sp³-hybridized carbons (Fsp3) is 0.533. The lowest BCUT2D eigenvalue weighted by Crippen LogP contribution is -2.45. The van der Waals surface area contributed by atoms with Crippen LogP contribution >= 0.6 is 15.9 Å². The molecule has 0 bridgehead atoms. The van der Waals surface area contributed by atoms with Crippen LogP contribution in [0.5, 0.6) is 5.75 Å². The van der Waals surface area contributed by atoms with E-state index in [4.69, 9.17) is 10.5 Å². The van der Waals surface area contributed by atoms with Crippen molar-refractivity contribution in [3.63, 3.8) is 0 Å². The summed E-state index contributed by atoms with van der Waals surface area (Å²) in [7, 11) is 0. The molecular formula is C15H23BrN2O2. The predicted molar refractivity (Wildman–Crippen MR) is 84.7 cm³/mol. The Morgan fingerprint density at radius 3 is 2.60 bits per heavy atom. The summed E-state index contributed by atoms with van der Waals surface area (Å²) in [6.45, 7) is 4.32. The van der Waals surface area contributed by atoms with Crippen LogP contribution < -0.4 is 15.8 Å². The minimum Gasteiger partial charge on any atom is -0.481 e. The minimum absolute atomic E-state index is 0.0263. The van der Waals surface area contributed by atoms with Crippen LogP contribution in [0.3, 0.4) is 0 Å². The van der Waals surface area contributed by atoms with E-state index in [1.165, 1.54) is 0 Å². The molecule has 0 aliphatic carbocycles. The molecule has 0 aliphatic heterocycles. The number of nitrogens with one attached hydrogen (secondary N) is 1. The SMILES string of the molecule is CCCCC(CN)NC(=O)C(C)Oc1ccc(Br)cc1. The maximum atomic E-state index is 12.0. The summed E-state index contributed by atoms with van der Waals surface area (Å²) < 4.78 is 6.58. The van der Waals surface area contributed by atoms with Crippen molar-refractivity contribution >= 4 is 21.8 Å². The van der Waals surface area contributed by atoms with Gasteiger partial charge >= 0.3 is 0 Å². The van der Waals surface area contributed by atoms with Crippen molar-refractivity contribution < 1.29 is 9.53 Å². The number of amides is 1. The van der Waals surface area contributed by atoms with Crippen molar-refractivity contribution in [2.45, 2.75) is 45.3 Å². The third-order valence-electron chi connectivity index (χ3n) is 3.03. The molecule has 1 amide bonds. The summed E-state index contributed by atoms with van der Waals surface area (Å²) in [6.07, 6.45) is 2.53. The Kier molecular flexibility index (Phi) is 7.62. The molecule has 1 aromatic carbocycles. The summed E-state index contributed by atoms with van der Waals surface area (Å²) in [5.41, 5.74) is 5.67. The number of hydrogen-bond acceptors (Lipinski definition) is 3. The molecule has 0 aliphatic rings. The van der Waals surface area contributed by atoms with E-state index in [1.54, 1.807) is 6.92 Å². The van der Waals surface area contributed by atoms with Crippen LogP contribution in [0.4, 0.5) is 0 Å². The second kappa shape index (κ2) is 8.97. The van der Waals surface area contributed by atoms with Crippen LogP contribution in [0.15, 0.2) is 28.7 Å². The molecule has 0 spiro atoms. The Morgan fingerprint density at radius 2 is 2.05 bits per heavy atom.